The van der Waals surface area contributed by atoms with E-state index in [1.165, 1.54) is 0 Å². The van der Waals surface area contributed by atoms with Gasteiger partial charge < -0.3 is 10.2 Å². The molecule has 0 aliphatic carbocycles. The number of carbonyl (C=O) groups excluding carboxylic acids is 1. The van der Waals surface area contributed by atoms with Crippen LogP contribution in [0.25, 0.3) is 5.69 Å². The first-order chi connectivity index (χ1) is 10.6. The van der Waals surface area contributed by atoms with Crippen molar-refractivity contribution in [1.29, 1.82) is 0 Å². The Kier molecular flexibility index (Phi) is 4.13. The number of halogens is 1. The highest BCUT2D eigenvalue weighted by molar-refractivity contribution is 6.30. The number of nitrogens with one attached hydrogen (secondary N) is 1. The smallest absolute Gasteiger partial charge is 0.276 e. The largest absolute Gasteiger partial charge is 0.332 e. The molecule has 3 rings (SSSR count). The Morgan fingerprint density at radius 3 is 3.00 bits per heavy atom. The molecule has 0 unspecified atom stereocenters. The summed E-state index contributed by atoms with van der Waals surface area (Å²) in [5, 5.41) is 12.1. The number of piperazine rings is 1. The number of benzene rings is 1. The number of hydrogen-bond donors (Lipinski definition) is 1. The predicted octanol–water partition coefficient (Wildman–Crippen LogP) is 1.66. The summed E-state index contributed by atoms with van der Waals surface area (Å²) in [6.45, 7) is 6.16. The molecule has 1 aromatic heterocycles. The van der Waals surface area contributed by atoms with Crippen molar-refractivity contribution in [1.82, 2.24) is 25.2 Å². The summed E-state index contributed by atoms with van der Waals surface area (Å²) in [7, 11) is 0. The van der Waals surface area contributed by atoms with Crippen LogP contribution in [0.3, 0.4) is 0 Å². The molecule has 0 radical (unpaired) electrons. The first-order valence-electron chi connectivity index (χ1n) is 7.28. The van der Waals surface area contributed by atoms with Gasteiger partial charge in [0.05, 0.1) is 11.4 Å². The minimum atomic E-state index is -0.0696. The molecule has 1 N–H and O–H groups in total. The molecule has 1 fully saturated rings. The van der Waals surface area contributed by atoms with Gasteiger partial charge in [0, 0.05) is 30.7 Å². The van der Waals surface area contributed by atoms with Gasteiger partial charge in [0.25, 0.3) is 5.91 Å². The molecule has 1 aliphatic heterocycles. The first-order valence-corrected chi connectivity index (χ1v) is 7.65. The molecule has 0 bridgehead atoms. The maximum absolute atomic E-state index is 12.7. The van der Waals surface area contributed by atoms with E-state index in [-0.39, 0.29) is 11.9 Å². The lowest BCUT2D eigenvalue weighted by Crippen LogP contribution is -2.52. The van der Waals surface area contributed by atoms with Gasteiger partial charge in [0.2, 0.25) is 0 Å². The molecule has 22 heavy (non-hydrogen) atoms. The average molecular weight is 320 g/mol. The van der Waals surface area contributed by atoms with Crippen LogP contribution in [0.15, 0.2) is 24.3 Å². The fourth-order valence-electron chi connectivity index (χ4n) is 2.66. The molecule has 7 heteroatoms. The van der Waals surface area contributed by atoms with Crippen LogP contribution < -0.4 is 5.32 Å². The number of nitrogens with zero attached hydrogens (tertiary/aromatic N) is 4. The van der Waals surface area contributed by atoms with Crippen molar-refractivity contribution in [2.24, 2.45) is 0 Å². The van der Waals surface area contributed by atoms with Crippen LogP contribution in [0.4, 0.5) is 0 Å². The highest BCUT2D eigenvalue weighted by Crippen LogP contribution is 2.18. The lowest BCUT2D eigenvalue weighted by molar-refractivity contribution is 0.0649. The average Bonchev–Trinajstić information content (AvgIpc) is 2.89. The number of carbonyl (C=O) groups is 1. The van der Waals surface area contributed by atoms with Crippen LogP contribution in [0.2, 0.25) is 5.02 Å². The molecular weight excluding hydrogens is 302 g/mol. The van der Waals surface area contributed by atoms with Crippen molar-refractivity contribution in [2.45, 2.75) is 19.9 Å². The van der Waals surface area contributed by atoms with Gasteiger partial charge in [0.15, 0.2) is 5.69 Å². The standard InChI is InChI=1S/C15H18ClN5O/c1-10-9-17-6-7-20(10)15(22)14-11(2)21(19-18-14)13-5-3-4-12(16)8-13/h3-5,8,10,17H,6-7,9H2,1-2H3/t10-/m1/s1. The zero-order valence-corrected chi connectivity index (χ0v) is 13.3. The molecule has 1 aromatic carbocycles. The van der Waals surface area contributed by atoms with Gasteiger partial charge in [-0.15, -0.1) is 5.10 Å². The molecule has 0 spiro atoms. The van der Waals surface area contributed by atoms with Gasteiger partial charge >= 0.3 is 0 Å². The second-order valence-electron chi connectivity index (χ2n) is 5.47. The molecule has 1 saturated heterocycles. The molecular formula is C15H18ClN5O. The highest BCUT2D eigenvalue weighted by Gasteiger charge is 2.28. The third-order valence-electron chi connectivity index (χ3n) is 3.91. The quantitative estimate of drug-likeness (QED) is 0.914. The van der Waals surface area contributed by atoms with Gasteiger partial charge in [-0.2, -0.15) is 0 Å². The Bertz CT molecular complexity index is 699. The molecule has 1 aliphatic rings. The normalized spacial score (nSPS) is 18.5. The Hall–Kier alpha value is -1.92. The summed E-state index contributed by atoms with van der Waals surface area (Å²) in [5.74, 6) is -0.0696. The van der Waals surface area contributed by atoms with E-state index >= 15 is 0 Å². The molecule has 2 aromatic rings. The molecule has 0 saturated carbocycles. The third kappa shape index (κ3) is 2.71. The molecule has 116 valence electrons. The van der Waals surface area contributed by atoms with Gasteiger partial charge in [-0.3, -0.25) is 4.79 Å². The van der Waals surface area contributed by atoms with Gasteiger partial charge in [-0.1, -0.05) is 22.9 Å². The van der Waals surface area contributed by atoms with E-state index in [1.54, 1.807) is 16.8 Å². The molecule has 1 atom stereocenters. The van der Waals surface area contributed by atoms with Crippen LogP contribution in [-0.4, -0.2) is 51.5 Å². The minimum absolute atomic E-state index is 0.0696. The monoisotopic (exact) mass is 319 g/mol. The van der Waals surface area contributed by atoms with Crippen LogP contribution in [-0.2, 0) is 0 Å². The zero-order chi connectivity index (χ0) is 15.7. The number of rotatable bonds is 2. The lowest BCUT2D eigenvalue weighted by Gasteiger charge is -2.33. The van der Waals surface area contributed by atoms with Crippen molar-refractivity contribution in [2.75, 3.05) is 19.6 Å². The summed E-state index contributed by atoms with van der Waals surface area (Å²) in [4.78, 5) is 14.5. The van der Waals surface area contributed by atoms with Crippen molar-refractivity contribution in [3.63, 3.8) is 0 Å². The van der Waals surface area contributed by atoms with Crippen molar-refractivity contribution in [3.05, 3.63) is 40.7 Å². The maximum atomic E-state index is 12.7. The highest BCUT2D eigenvalue weighted by atomic mass is 35.5. The summed E-state index contributed by atoms with van der Waals surface area (Å²) < 4.78 is 1.64. The van der Waals surface area contributed by atoms with Crippen LogP contribution in [0.1, 0.15) is 23.1 Å². The summed E-state index contributed by atoms with van der Waals surface area (Å²) in [5.41, 5.74) is 1.91. The van der Waals surface area contributed by atoms with Crippen molar-refractivity contribution < 1.29 is 4.79 Å². The third-order valence-corrected chi connectivity index (χ3v) is 4.15. The van der Waals surface area contributed by atoms with E-state index in [9.17, 15) is 4.79 Å². The number of hydrogen-bond acceptors (Lipinski definition) is 4. The fraction of sp³-hybridized carbons (Fsp3) is 0.400. The van der Waals surface area contributed by atoms with E-state index in [0.717, 1.165) is 24.5 Å². The summed E-state index contributed by atoms with van der Waals surface area (Å²) in [6, 6.07) is 7.47. The van der Waals surface area contributed by atoms with Gasteiger partial charge in [-0.05, 0) is 32.0 Å². The van der Waals surface area contributed by atoms with E-state index in [1.807, 2.05) is 30.9 Å². The minimum Gasteiger partial charge on any atom is -0.332 e. The molecule has 2 heterocycles. The Morgan fingerprint density at radius 2 is 2.27 bits per heavy atom. The lowest BCUT2D eigenvalue weighted by atomic mass is 10.2. The molecule has 1 amide bonds. The van der Waals surface area contributed by atoms with E-state index in [4.69, 9.17) is 11.6 Å². The predicted molar refractivity (Wildman–Crippen MR) is 84.5 cm³/mol. The van der Waals surface area contributed by atoms with Gasteiger partial charge in [0.1, 0.15) is 0 Å². The second kappa shape index (κ2) is 6.06. The van der Waals surface area contributed by atoms with Crippen molar-refractivity contribution >= 4 is 17.5 Å². The number of amides is 1. The topological polar surface area (TPSA) is 63.1 Å². The Morgan fingerprint density at radius 1 is 1.45 bits per heavy atom. The first kappa shape index (κ1) is 15.0. The Labute approximate surface area is 134 Å². The summed E-state index contributed by atoms with van der Waals surface area (Å²) in [6.07, 6.45) is 0. The number of aromatic nitrogens is 3. The maximum Gasteiger partial charge on any atom is 0.276 e. The van der Waals surface area contributed by atoms with E-state index in [2.05, 4.69) is 15.6 Å². The van der Waals surface area contributed by atoms with Crippen molar-refractivity contribution in [3.8, 4) is 5.69 Å². The second-order valence-corrected chi connectivity index (χ2v) is 5.90. The van der Waals surface area contributed by atoms with Crippen LogP contribution in [0, 0.1) is 6.92 Å². The van der Waals surface area contributed by atoms with Gasteiger partial charge in [-0.25, -0.2) is 4.68 Å². The molecule has 6 nitrogen and oxygen atoms in total. The zero-order valence-electron chi connectivity index (χ0n) is 12.6. The Balaban J connectivity index is 1.91. The van der Waals surface area contributed by atoms with E-state index in [0.29, 0.717) is 17.3 Å². The summed E-state index contributed by atoms with van der Waals surface area (Å²) >= 11 is 6.01. The van der Waals surface area contributed by atoms with Crippen LogP contribution in [0.5, 0.6) is 0 Å². The fourth-order valence-corrected chi connectivity index (χ4v) is 2.84. The SMILES string of the molecule is Cc1c(C(=O)N2CCNC[C@H]2C)nnn1-c1cccc(Cl)c1. The van der Waals surface area contributed by atoms with Crippen LogP contribution >= 0.6 is 11.6 Å². The van der Waals surface area contributed by atoms with E-state index < -0.39 is 0 Å².